The molecule has 0 aliphatic rings. The van der Waals surface area contributed by atoms with E-state index in [0.29, 0.717) is 11.4 Å². The lowest BCUT2D eigenvalue weighted by molar-refractivity contribution is 0.0697. The number of aromatic carboxylic acids is 1. The Hall–Kier alpha value is -1.56. The summed E-state index contributed by atoms with van der Waals surface area (Å²) < 4.78 is 0. The first-order valence-electron chi connectivity index (χ1n) is 4.96. The third-order valence-corrected chi connectivity index (χ3v) is 2.98. The van der Waals surface area contributed by atoms with E-state index in [1.807, 2.05) is 0 Å². The van der Waals surface area contributed by atoms with Crippen LogP contribution in [0.1, 0.15) is 10.4 Å². The molecule has 1 aromatic heterocycles. The maximum atomic E-state index is 10.8. The Morgan fingerprint density at radius 3 is 2.47 bits per heavy atom. The summed E-state index contributed by atoms with van der Waals surface area (Å²) in [5.74, 6) is -1.06. The van der Waals surface area contributed by atoms with Gasteiger partial charge in [0.05, 0.1) is 22.0 Å². The zero-order chi connectivity index (χ0) is 14.0. The summed E-state index contributed by atoms with van der Waals surface area (Å²) in [5.41, 5.74) is 0.997. The number of hydrogen-bond acceptors (Lipinski definition) is 4. The van der Waals surface area contributed by atoms with Gasteiger partial charge in [-0.15, -0.1) is 10.2 Å². The van der Waals surface area contributed by atoms with Crippen molar-refractivity contribution in [3.63, 3.8) is 0 Å². The number of anilines is 2. The van der Waals surface area contributed by atoms with Gasteiger partial charge < -0.3 is 10.4 Å². The Balaban J connectivity index is 2.33. The SMILES string of the molecule is O=C(O)c1ccc(Nc2cc(Cl)nnc2Cl)c(Cl)c1. The van der Waals surface area contributed by atoms with Crippen molar-refractivity contribution in [1.29, 1.82) is 0 Å². The molecule has 0 spiro atoms. The van der Waals surface area contributed by atoms with Gasteiger partial charge in [0.25, 0.3) is 0 Å². The third-order valence-electron chi connectivity index (χ3n) is 2.20. The predicted octanol–water partition coefficient (Wildman–Crippen LogP) is 3.88. The van der Waals surface area contributed by atoms with Crippen LogP contribution in [0.4, 0.5) is 11.4 Å². The first-order valence-corrected chi connectivity index (χ1v) is 6.09. The number of nitrogens with zero attached hydrogens (tertiary/aromatic N) is 2. The van der Waals surface area contributed by atoms with E-state index >= 15 is 0 Å². The van der Waals surface area contributed by atoms with Crippen LogP contribution in [-0.2, 0) is 0 Å². The lowest BCUT2D eigenvalue weighted by atomic mass is 10.2. The summed E-state index contributed by atoms with van der Waals surface area (Å²) in [6.45, 7) is 0. The van der Waals surface area contributed by atoms with Crippen molar-refractivity contribution >= 4 is 52.1 Å². The molecule has 0 saturated heterocycles. The quantitative estimate of drug-likeness (QED) is 0.898. The molecule has 2 aromatic rings. The second-order valence-electron chi connectivity index (χ2n) is 3.50. The van der Waals surface area contributed by atoms with Gasteiger partial charge >= 0.3 is 5.97 Å². The topological polar surface area (TPSA) is 75.1 Å². The van der Waals surface area contributed by atoms with E-state index in [4.69, 9.17) is 39.9 Å². The van der Waals surface area contributed by atoms with Gasteiger partial charge in [0.1, 0.15) is 0 Å². The Labute approximate surface area is 123 Å². The monoisotopic (exact) mass is 317 g/mol. The van der Waals surface area contributed by atoms with E-state index in [1.165, 1.54) is 24.3 Å². The Bertz CT molecular complexity index is 649. The molecule has 0 atom stereocenters. The Kier molecular flexibility index (Phi) is 4.09. The standard InChI is InChI=1S/C11H6Cl3N3O2/c12-6-3-5(11(18)19)1-2-7(6)15-8-4-9(13)16-17-10(8)14/h1-4H,(H,15,16)(H,18,19). The Morgan fingerprint density at radius 2 is 1.84 bits per heavy atom. The van der Waals surface area contributed by atoms with Crippen LogP contribution >= 0.6 is 34.8 Å². The molecular formula is C11H6Cl3N3O2. The number of carboxylic acid groups (broad SMARTS) is 1. The normalized spacial score (nSPS) is 10.3. The largest absolute Gasteiger partial charge is 0.478 e. The molecule has 0 aliphatic carbocycles. The molecule has 5 nitrogen and oxygen atoms in total. The van der Waals surface area contributed by atoms with Crippen LogP contribution in [-0.4, -0.2) is 21.3 Å². The van der Waals surface area contributed by atoms with E-state index in [0.717, 1.165) is 0 Å². The second-order valence-corrected chi connectivity index (χ2v) is 4.65. The second kappa shape index (κ2) is 5.61. The van der Waals surface area contributed by atoms with Gasteiger partial charge in [-0.2, -0.15) is 0 Å². The summed E-state index contributed by atoms with van der Waals surface area (Å²) in [4.78, 5) is 10.8. The molecule has 2 rings (SSSR count). The highest BCUT2D eigenvalue weighted by Crippen LogP contribution is 2.30. The van der Waals surface area contributed by atoms with Crippen molar-refractivity contribution in [3.8, 4) is 0 Å². The molecule has 0 radical (unpaired) electrons. The smallest absolute Gasteiger partial charge is 0.335 e. The lowest BCUT2D eigenvalue weighted by Gasteiger charge is -2.09. The highest BCUT2D eigenvalue weighted by molar-refractivity contribution is 6.35. The molecule has 2 N–H and O–H groups in total. The molecule has 0 fully saturated rings. The molecule has 0 aliphatic heterocycles. The number of benzene rings is 1. The average Bonchev–Trinajstić information content (AvgIpc) is 2.36. The molecule has 0 unspecified atom stereocenters. The van der Waals surface area contributed by atoms with Crippen LogP contribution < -0.4 is 5.32 Å². The van der Waals surface area contributed by atoms with Crippen molar-refractivity contribution < 1.29 is 9.90 Å². The molecule has 8 heteroatoms. The number of rotatable bonds is 3. The van der Waals surface area contributed by atoms with Gasteiger partial charge in [0, 0.05) is 6.07 Å². The Morgan fingerprint density at radius 1 is 1.11 bits per heavy atom. The lowest BCUT2D eigenvalue weighted by Crippen LogP contribution is -1.99. The number of hydrogen-bond donors (Lipinski definition) is 2. The number of carboxylic acids is 1. The minimum Gasteiger partial charge on any atom is -0.478 e. The first kappa shape index (κ1) is 13.9. The minimum atomic E-state index is -1.06. The fraction of sp³-hybridized carbons (Fsp3) is 0. The molecule has 1 aromatic carbocycles. The fourth-order valence-corrected chi connectivity index (χ4v) is 1.85. The zero-order valence-corrected chi connectivity index (χ0v) is 11.5. The van der Waals surface area contributed by atoms with E-state index in [1.54, 1.807) is 0 Å². The van der Waals surface area contributed by atoms with Crippen molar-refractivity contribution in [2.45, 2.75) is 0 Å². The van der Waals surface area contributed by atoms with Crippen LogP contribution in [0.5, 0.6) is 0 Å². The molecule has 98 valence electrons. The van der Waals surface area contributed by atoms with E-state index in [-0.39, 0.29) is 20.9 Å². The number of halogens is 3. The predicted molar refractivity (Wildman–Crippen MR) is 73.7 cm³/mol. The zero-order valence-electron chi connectivity index (χ0n) is 9.19. The maximum absolute atomic E-state index is 10.8. The molecule has 1 heterocycles. The molecule has 0 amide bonds. The summed E-state index contributed by atoms with van der Waals surface area (Å²) in [5, 5.41) is 19.5. The number of nitrogens with one attached hydrogen (secondary N) is 1. The van der Waals surface area contributed by atoms with Crippen molar-refractivity contribution in [1.82, 2.24) is 10.2 Å². The van der Waals surface area contributed by atoms with Crippen molar-refractivity contribution in [2.24, 2.45) is 0 Å². The van der Waals surface area contributed by atoms with Crippen LogP contribution in [0.15, 0.2) is 24.3 Å². The fourth-order valence-electron chi connectivity index (χ4n) is 1.34. The highest BCUT2D eigenvalue weighted by atomic mass is 35.5. The summed E-state index contributed by atoms with van der Waals surface area (Å²) >= 11 is 17.5. The van der Waals surface area contributed by atoms with Gasteiger partial charge in [-0.3, -0.25) is 0 Å². The number of aromatic nitrogens is 2. The van der Waals surface area contributed by atoms with Gasteiger partial charge in [-0.05, 0) is 18.2 Å². The first-order chi connectivity index (χ1) is 8.97. The van der Waals surface area contributed by atoms with E-state index in [9.17, 15) is 4.79 Å². The van der Waals surface area contributed by atoms with Crippen molar-refractivity contribution in [3.05, 3.63) is 45.2 Å². The minimum absolute atomic E-state index is 0.0903. The summed E-state index contributed by atoms with van der Waals surface area (Å²) in [6.07, 6.45) is 0. The van der Waals surface area contributed by atoms with Crippen LogP contribution in [0, 0.1) is 0 Å². The van der Waals surface area contributed by atoms with Crippen LogP contribution in [0.2, 0.25) is 15.3 Å². The van der Waals surface area contributed by atoms with E-state index < -0.39 is 5.97 Å². The maximum Gasteiger partial charge on any atom is 0.335 e. The van der Waals surface area contributed by atoms with Crippen molar-refractivity contribution in [2.75, 3.05) is 5.32 Å². The molecular weight excluding hydrogens is 312 g/mol. The van der Waals surface area contributed by atoms with E-state index in [2.05, 4.69) is 15.5 Å². The van der Waals surface area contributed by atoms with Gasteiger partial charge in [-0.25, -0.2) is 4.79 Å². The average molecular weight is 319 g/mol. The molecule has 0 saturated carbocycles. The molecule has 0 bridgehead atoms. The van der Waals surface area contributed by atoms with Crippen LogP contribution in [0.25, 0.3) is 0 Å². The van der Waals surface area contributed by atoms with Gasteiger partial charge in [-0.1, -0.05) is 34.8 Å². The highest BCUT2D eigenvalue weighted by Gasteiger charge is 2.10. The van der Waals surface area contributed by atoms with Gasteiger partial charge in [0.2, 0.25) is 0 Å². The molecule has 19 heavy (non-hydrogen) atoms. The third kappa shape index (κ3) is 3.26. The van der Waals surface area contributed by atoms with Gasteiger partial charge in [0.15, 0.2) is 10.3 Å². The summed E-state index contributed by atoms with van der Waals surface area (Å²) in [6, 6.07) is 5.76. The summed E-state index contributed by atoms with van der Waals surface area (Å²) in [7, 11) is 0. The number of carbonyl (C=O) groups is 1. The van der Waals surface area contributed by atoms with Crippen LogP contribution in [0.3, 0.4) is 0 Å².